The number of hydrogen-bond donors (Lipinski definition) is 1. The minimum absolute atomic E-state index is 0.0311. The molecule has 1 aromatic heterocycles. The summed E-state index contributed by atoms with van der Waals surface area (Å²) in [4.78, 5) is 6.53. The van der Waals surface area contributed by atoms with Crippen molar-refractivity contribution >= 4 is 17.4 Å². The van der Waals surface area contributed by atoms with Crippen molar-refractivity contribution in [1.82, 2.24) is 4.98 Å². The molecule has 3 nitrogen and oxygen atoms in total. The molecule has 0 aliphatic carbocycles. The highest BCUT2D eigenvalue weighted by Gasteiger charge is 2.11. The van der Waals surface area contributed by atoms with Gasteiger partial charge < -0.3 is 10.6 Å². The Hall–Kier alpha value is -1.58. The van der Waals surface area contributed by atoms with Crippen molar-refractivity contribution in [3.05, 3.63) is 58.7 Å². The zero-order valence-electron chi connectivity index (χ0n) is 11.2. The lowest BCUT2D eigenvalue weighted by Crippen LogP contribution is -2.21. The largest absolute Gasteiger partial charge is 0.355 e. The summed E-state index contributed by atoms with van der Waals surface area (Å²) in [6.45, 7) is 2.74. The Labute approximate surface area is 119 Å². The average Bonchev–Trinajstić information content (AvgIpc) is 2.41. The first-order valence-electron chi connectivity index (χ1n) is 6.24. The molecule has 100 valence electrons. The molecule has 4 heteroatoms. The summed E-state index contributed by atoms with van der Waals surface area (Å²) in [5.41, 5.74) is 8.22. The lowest BCUT2D eigenvalue weighted by atomic mass is 10.1. The number of anilines is 1. The molecule has 0 fully saturated rings. The van der Waals surface area contributed by atoms with E-state index in [1.807, 2.05) is 50.4 Å². The maximum Gasteiger partial charge on any atom is 0.133 e. The second-order valence-corrected chi connectivity index (χ2v) is 5.12. The Bertz CT molecular complexity index is 537. The van der Waals surface area contributed by atoms with E-state index in [-0.39, 0.29) is 6.04 Å². The Morgan fingerprint density at radius 1 is 1.26 bits per heavy atom. The first-order valence-corrected chi connectivity index (χ1v) is 6.62. The molecule has 1 heterocycles. The van der Waals surface area contributed by atoms with E-state index < -0.39 is 0 Å². The van der Waals surface area contributed by atoms with E-state index in [0.717, 1.165) is 22.9 Å². The van der Waals surface area contributed by atoms with Crippen LogP contribution >= 0.6 is 11.6 Å². The molecule has 0 aliphatic heterocycles. The van der Waals surface area contributed by atoms with Gasteiger partial charge in [0.2, 0.25) is 0 Å². The summed E-state index contributed by atoms with van der Waals surface area (Å²) in [5, 5.41) is 0.750. The zero-order chi connectivity index (χ0) is 13.8. The van der Waals surface area contributed by atoms with Gasteiger partial charge in [-0.15, -0.1) is 0 Å². The third kappa shape index (κ3) is 3.46. The highest BCUT2D eigenvalue weighted by atomic mass is 35.5. The van der Waals surface area contributed by atoms with E-state index in [1.54, 1.807) is 6.20 Å². The van der Waals surface area contributed by atoms with Crippen LogP contribution in [0.2, 0.25) is 5.02 Å². The molecule has 2 rings (SSSR count). The van der Waals surface area contributed by atoms with Crippen molar-refractivity contribution in [1.29, 1.82) is 0 Å². The fourth-order valence-corrected chi connectivity index (χ4v) is 2.15. The maximum absolute atomic E-state index is 5.98. The van der Waals surface area contributed by atoms with Gasteiger partial charge in [-0.3, -0.25) is 0 Å². The van der Waals surface area contributed by atoms with Gasteiger partial charge in [-0.25, -0.2) is 4.98 Å². The minimum atomic E-state index is -0.0311. The van der Waals surface area contributed by atoms with Crippen LogP contribution in [0.15, 0.2) is 42.6 Å². The summed E-state index contributed by atoms with van der Waals surface area (Å²) in [7, 11) is 2.02. The molecule has 2 N–H and O–H groups in total. The molecular formula is C15H18ClN3. The van der Waals surface area contributed by atoms with E-state index >= 15 is 0 Å². The number of halogens is 1. The van der Waals surface area contributed by atoms with Crippen molar-refractivity contribution in [3.8, 4) is 0 Å². The monoisotopic (exact) mass is 275 g/mol. The zero-order valence-corrected chi connectivity index (χ0v) is 11.9. The third-order valence-corrected chi connectivity index (χ3v) is 3.25. The van der Waals surface area contributed by atoms with Crippen LogP contribution in [-0.2, 0) is 6.54 Å². The van der Waals surface area contributed by atoms with E-state index in [0.29, 0.717) is 0 Å². The lowest BCUT2D eigenvalue weighted by molar-refractivity contribution is 0.788. The second kappa shape index (κ2) is 6.04. The second-order valence-electron chi connectivity index (χ2n) is 4.69. The summed E-state index contributed by atoms with van der Waals surface area (Å²) in [6, 6.07) is 11.7. The molecule has 2 aromatic rings. The van der Waals surface area contributed by atoms with Crippen molar-refractivity contribution in [3.63, 3.8) is 0 Å². The number of rotatable bonds is 4. The molecule has 0 saturated heterocycles. The maximum atomic E-state index is 5.98. The van der Waals surface area contributed by atoms with Crippen LogP contribution in [0, 0.1) is 0 Å². The molecule has 1 atom stereocenters. The third-order valence-electron chi connectivity index (χ3n) is 3.00. The van der Waals surface area contributed by atoms with Crippen LogP contribution in [-0.4, -0.2) is 12.0 Å². The van der Waals surface area contributed by atoms with E-state index in [1.165, 1.54) is 5.56 Å². The van der Waals surface area contributed by atoms with E-state index in [2.05, 4.69) is 9.88 Å². The first-order chi connectivity index (χ1) is 9.08. The Morgan fingerprint density at radius 2 is 1.95 bits per heavy atom. The molecular weight excluding hydrogens is 258 g/mol. The molecule has 1 unspecified atom stereocenters. The van der Waals surface area contributed by atoms with Crippen molar-refractivity contribution in [2.24, 2.45) is 5.73 Å². The number of hydrogen-bond acceptors (Lipinski definition) is 3. The van der Waals surface area contributed by atoms with Gasteiger partial charge in [0, 0.05) is 36.4 Å². The van der Waals surface area contributed by atoms with Gasteiger partial charge in [-0.1, -0.05) is 29.8 Å². The van der Waals surface area contributed by atoms with Gasteiger partial charge in [-0.05, 0) is 30.7 Å². The topological polar surface area (TPSA) is 42.1 Å². The van der Waals surface area contributed by atoms with Crippen LogP contribution in [0.25, 0.3) is 0 Å². The predicted octanol–water partition coefficient (Wildman–Crippen LogP) is 3.39. The molecule has 0 aliphatic rings. The summed E-state index contributed by atoms with van der Waals surface area (Å²) in [5.74, 6) is 0.924. The lowest BCUT2D eigenvalue weighted by Gasteiger charge is -2.22. The van der Waals surface area contributed by atoms with Crippen LogP contribution < -0.4 is 10.6 Å². The summed E-state index contributed by atoms with van der Waals surface area (Å²) >= 11 is 5.89. The number of nitrogens with zero attached hydrogens (tertiary/aromatic N) is 2. The van der Waals surface area contributed by atoms with Crippen LogP contribution in [0.4, 0.5) is 5.82 Å². The van der Waals surface area contributed by atoms with E-state index in [9.17, 15) is 0 Å². The van der Waals surface area contributed by atoms with Crippen molar-refractivity contribution in [2.45, 2.75) is 19.5 Å². The average molecular weight is 276 g/mol. The Morgan fingerprint density at radius 3 is 2.58 bits per heavy atom. The SMILES string of the molecule is CC(N)c1cccnc1N(C)Cc1ccc(Cl)cc1. The Kier molecular flexibility index (Phi) is 4.40. The van der Waals surface area contributed by atoms with Gasteiger partial charge in [0.25, 0.3) is 0 Å². The Balaban J connectivity index is 2.20. The van der Waals surface area contributed by atoms with E-state index in [4.69, 9.17) is 17.3 Å². The molecule has 19 heavy (non-hydrogen) atoms. The summed E-state index contributed by atoms with van der Waals surface area (Å²) in [6.07, 6.45) is 1.79. The van der Waals surface area contributed by atoms with Crippen molar-refractivity contribution in [2.75, 3.05) is 11.9 Å². The minimum Gasteiger partial charge on any atom is -0.355 e. The standard InChI is InChI=1S/C15H18ClN3/c1-11(17)14-4-3-9-18-15(14)19(2)10-12-5-7-13(16)8-6-12/h3-9,11H,10,17H2,1-2H3. The molecule has 0 spiro atoms. The van der Waals surface area contributed by atoms with Crippen LogP contribution in [0.5, 0.6) is 0 Å². The van der Waals surface area contributed by atoms with Gasteiger partial charge in [0.1, 0.15) is 5.82 Å². The highest BCUT2D eigenvalue weighted by molar-refractivity contribution is 6.30. The summed E-state index contributed by atoms with van der Waals surface area (Å²) < 4.78 is 0. The number of benzene rings is 1. The number of pyridine rings is 1. The smallest absolute Gasteiger partial charge is 0.133 e. The number of nitrogens with two attached hydrogens (primary N) is 1. The van der Waals surface area contributed by atoms with Gasteiger partial charge >= 0.3 is 0 Å². The molecule has 0 saturated carbocycles. The van der Waals surface area contributed by atoms with Gasteiger partial charge in [-0.2, -0.15) is 0 Å². The van der Waals surface area contributed by atoms with Crippen molar-refractivity contribution < 1.29 is 0 Å². The highest BCUT2D eigenvalue weighted by Crippen LogP contribution is 2.23. The fourth-order valence-electron chi connectivity index (χ4n) is 2.02. The van der Waals surface area contributed by atoms with Crippen LogP contribution in [0.3, 0.4) is 0 Å². The molecule has 1 aromatic carbocycles. The van der Waals surface area contributed by atoms with Crippen LogP contribution in [0.1, 0.15) is 24.1 Å². The van der Waals surface area contributed by atoms with Gasteiger partial charge in [0.05, 0.1) is 0 Å². The first kappa shape index (κ1) is 13.8. The fraction of sp³-hybridized carbons (Fsp3) is 0.267. The number of aromatic nitrogens is 1. The predicted molar refractivity (Wildman–Crippen MR) is 80.4 cm³/mol. The molecule has 0 amide bonds. The molecule has 0 bridgehead atoms. The normalized spacial score (nSPS) is 12.2. The molecule has 0 radical (unpaired) electrons. The van der Waals surface area contributed by atoms with Gasteiger partial charge in [0.15, 0.2) is 0 Å². The quantitative estimate of drug-likeness (QED) is 0.930.